The number of nitrogens with zero attached hydrogens (tertiary/aromatic N) is 1. The number of benzene rings is 2. The molecule has 0 saturated carbocycles. The summed E-state index contributed by atoms with van der Waals surface area (Å²) in [4.78, 5) is 11.5. The molecule has 1 atom stereocenters. The Morgan fingerprint density at radius 1 is 1.24 bits per heavy atom. The third kappa shape index (κ3) is 4.37. The summed E-state index contributed by atoms with van der Waals surface area (Å²) in [6.07, 6.45) is -5.74. The van der Waals surface area contributed by atoms with Crippen molar-refractivity contribution in [3.8, 4) is 17.4 Å². The minimum atomic E-state index is -4.76. The number of carbonyl (C=O) groups excluding carboxylic acids is 1. The highest BCUT2D eigenvalue weighted by Crippen LogP contribution is 2.39. The van der Waals surface area contributed by atoms with Gasteiger partial charge in [-0.1, -0.05) is 11.6 Å². The van der Waals surface area contributed by atoms with Crippen LogP contribution in [0.2, 0.25) is 5.02 Å². The van der Waals surface area contributed by atoms with E-state index in [0.29, 0.717) is 6.07 Å². The number of esters is 1. The fraction of sp³-hybridized carbons (Fsp3) is 0.222. The Balaban J connectivity index is 1.92. The fourth-order valence-electron chi connectivity index (χ4n) is 2.36. The third-order valence-corrected chi connectivity index (χ3v) is 4.06. The van der Waals surface area contributed by atoms with Gasteiger partial charge in [-0.25, -0.2) is 9.18 Å². The van der Waals surface area contributed by atoms with Crippen LogP contribution in [0.25, 0.3) is 11.0 Å². The van der Waals surface area contributed by atoms with Crippen molar-refractivity contribution in [1.82, 2.24) is 5.16 Å². The molecular weight excluding hydrogens is 422 g/mol. The number of aromatic nitrogens is 1. The van der Waals surface area contributed by atoms with Crippen molar-refractivity contribution >= 4 is 28.5 Å². The topological polar surface area (TPSA) is 70.8 Å². The summed E-state index contributed by atoms with van der Waals surface area (Å²) in [6.45, 7) is 1.43. The summed E-state index contributed by atoms with van der Waals surface area (Å²) >= 11 is 5.77. The highest BCUT2D eigenvalue weighted by molar-refractivity contribution is 6.32. The van der Waals surface area contributed by atoms with Gasteiger partial charge in [-0.15, -0.1) is 0 Å². The zero-order chi connectivity index (χ0) is 21.3. The van der Waals surface area contributed by atoms with Gasteiger partial charge in [0.2, 0.25) is 0 Å². The van der Waals surface area contributed by atoms with Gasteiger partial charge in [-0.05, 0) is 42.4 Å². The van der Waals surface area contributed by atoms with Crippen molar-refractivity contribution < 1.29 is 41.1 Å². The van der Waals surface area contributed by atoms with Crippen LogP contribution in [0.4, 0.5) is 17.6 Å². The predicted octanol–water partition coefficient (Wildman–Crippen LogP) is 5.37. The van der Waals surface area contributed by atoms with Crippen LogP contribution in [-0.4, -0.2) is 24.3 Å². The van der Waals surface area contributed by atoms with Gasteiger partial charge in [0, 0.05) is 0 Å². The highest BCUT2D eigenvalue weighted by atomic mass is 35.5. The Morgan fingerprint density at radius 3 is 2.59 bits per heavy atom. The maximum atomic E-state index is 14.1. The monoisotopic (exact) mass is 433 g/mol. The van der Waals surface area contributed by atoms with Gasteiger partial charge >= 0.3 is 12.1 Å². The maximum Gasteiger partial charge on any atom is 0.416 e. The molecule has 1 aromatic heterocycles. The zero-order valence-electron chi connectivity index (χ0n) is 14.8. The summed E-state index contributed by atoms with van der Waals surface area (Å²) < 4.78 is 72.7. The van der Waals surface area contributed by atoms with E-state index in [4.69, 9.17) is 25.6 Å². The molecule has 3 rings (SSSR count). The summed E-state index contributed by atoms with van der Waals surface area (Å²) in [5, 5.41) is 3.41. The Bertz CT molecular complexity index is 1040. The largest absolute Gasteiger partial charge is 0.466 e. The number of alkyl halides is 3. The molecule has 0 saturated heterocycles. The second-order valence-electron chi connectivity index (χ2n) is 5.80. The van der Waals surface area contributed by atoms with Gasteiger partial charge in [0.15, 0.2) is 23.3 Å². The second-order valence-corrected chi connectivity index (χ2v) is 6.20. The van der Waals surface area contributed by atoms with Crippen molar-refractivity contribution in [1.29, 1.82) is 0 Å². The minimum absolute atomic E-state index is 0.0248. The second kappa shape index (κ2) is 7.78. The first-order valence-corrected chi connectivity index (χ1v) is 8.36. The fourth-order valence-corrected chi connectivity index (χ4v) is 2.61. The van der Waals surface area contributed by atoms with E-state index in [0.717, 1.165) is 0 Å². The van der Waals surface area contributed by atoms with E-state index in [1.54, 1.807) is 0 Å². The smallest absolute Gasteiger partial charge is 0.416 e. The average Bonchev–Trinajstić information content (AvgIpc) is 3.05. The molecule has 3 aromatic rings. The molecule has 0 aliphatic rings. The molecule has 0 aliphatic heterocycles. The Kier molecular flexibility index (Phi) is 5.56. The number of fused-ring (bicyclic) bond motifs is 1. The van der Waals surface area contributed by atoms with Crippen LogP contribution in [-0.2, 0) is 15.7 Å². The maximum absolute atomic E-state index is 14.1. The summed E-state index contributed by atoms with van der Waals surface area (Å²) in [6, 6.07) is 4.98. The molecule has 1 heterocycles. The SMILES string of the molecule is COC(=O)C(C)Oc1noc2ccc(Oc3c(F)cc(C(F)(F)F)cc3Cl)cc12. The van der Waals surface area contributed by atoms with Gasteiger partial charge in [0.05, 0.1) is 23.1 Å². The zero-order valence-corrected chi connectivity index (χ0v) is 15.6. The van der Waals surface area contributed by atoms with Crippen LogP contribution in [0, 0.1) is 5.82 Å². The molecule has 0 spiro atoms. The molecule has 29 heavy (non-hydrogen) atoms. The van der Waals surface area contributed by atoms with Crippen LogP contribution < -0.4 is 9.47 Å². The van der Waals surface area contributed by atoms with Crippen LogP contribution in [0.3, 0.4) is 0 Å². The first kappa shape index (κ1) is 20.7. The van der Waals surface area contributed by atoms with Gasteiger partial charge < -0.3 is 18.7 Å². The van der Waals surface area contributed by atoms with Crippen LogP contribution >= 0.6 is 11.6 Å². The van der Waals surface area contributed by atoms with E-state index < -0.39 is 40.4 Å². The van der Waals surface area contributed by atoms with E-state index in [2.05, 4.69) is 9.89 Å². The van der Waals surface area contributed by atoms with Crippen molar-refractivity contribution in [2.24, 2.45) is 0 Å². The molecule has 1 unspecified atom stereocenters. The number of hydrogen-bond donors (Lipinski definition) is 0. The van der Waals surface area contributed by atoms with Gasteiger partial charge in [0.1, 0.15) is 5.75 Å². The van der Waals surface area contributed by atoms with Crippen molar-refractivity contribution in [2.75, 3.05) is 7.11 Å². The van der Waals surface area contributed by atoms with Crippen LogP contribution in [0.15, 0.2) is 34.9 Å². The normalized spacial score (nSPS) is 12.7. The molecule has 154 valence electrons. The number of hydrogen-bond acceptors (Lipinski definition) is 6. The lowest BCUT2D eigenvalue weighted by Gasteiger charge is -2.12. The molecule has 2 aromatic carbocycles. The number of carbonyl (C=O) groups is 1. The lowest BCUT2D eigenvalue weighted by molar-refractivity contribution is -0.148. The molecule has 0 amide bonds. The Morgan fingerprint density at radius 2 is 1.97 bits per heavy atom. The molecule has 0 fully saturated rings. The quantitative estimate of drug-likeness (QED) is 0.398. The number of halogens is 5. The van der Waals surface area contributed by atoms with E-state index >= 15 is 0 Å². The average molecular weight is 434 g/mol. The van der Waals surface area contributed by atoms with E-state index in [-0.39, 0.29) is 28.7 Å². The number of rotatable bonds is 5. The molecule has 6 nitrogen and oxygen atoms in total. The molecule has 0 radical (unpaired) electrons. The van der Waals surface area contributed by atoms with Crippen molar-refractivity contribution in [3.05, 3.63) is 46.7 Å². The van der Waals surface area contributed by atoms with E-state index in [9.17, 15) is 22.4 Å². The number of methoxy groups -OCH3 is 1. The third-order valence-electron chi connectivity index (χ3n) is 3.78. The first-order valence-electron chi connectivity index (χ1n) is 7.98. The van der Waals surface area contributed by atoms with Gasteiger partial charge in [0.25, 0.3) is 5.88 Å². The number of ether oxygens (including phenoxy) is 3. The molecule has 0 bridgehead atoms. The van der Waals surface area contributed by atoms with Crippen LogP contribution in [0.5, 0.6) is 17.4 Å². The Labute approximate surface area is 165 Å². The summed E-state index contributed by atoms with van der Waals surface area (Å²) in [5.41, 5.74) is -0.974. The predicted molar refractivity (Wildman–Crippen MR) is 92.6 cm³/mol. The Hall–Kier alpha value is -3.01. The molecule has 0 N–H and O–H groups in total. The van der Waals surface area contributed by atoms with Crippen molar-refractivity contribution in [3.63, 3.8) is 0 Å². The van der Waals surface area contributed by atoms with E-state index in [1.165, 1.54) is 32.2 Å². The van der Waals surface area contributed by atoms with Gasteiger partial charge in [-0.3, -0.25) is 0 Å². The minimum Gasteiger partial charge on any atom is -0.466 e. The van der Waals surface area contributed by atoms with Crippen LogP contribution in [0.1, 0.15) is 12.5 Å². The lowest BCUT2D eigenvalue weighted by atomic mass is 10.2. The molecule has 11 heteroatoms. The standard InChI is InChI=1S/C18H12ClF4NO5/c1-8(17(25)26-2)27-16-11-7-10(3-4-14(11)29-24-16)28-15-12(19)5-9(6-13(15)20)18(21,22)23/h3-8H,1-2H3. The molecule has 0 aliphatic carbocycles. The van der Waals surface area contributed by atoms with Crippen molar-refractivity contribution in [2.45, 2.75) is 19.2 Å². The highest BCUT2D eigenvalue weighted by Gasteiger charge is 2.32. The summed E-state index contributed by atoms with van der Waals surface area (Å²) in [7, 11) is 1.19. The molecular formula is C18H12ClF4NO5. The van der Waals surface area contributed by atoms with Gasteiger partial charge in [-0.2, -0.15) is 13.2 Å². The van der Waals surface area contributed by atoms with E-state index in [1.807, 2.05) is 0 Å². The summed E-state index contributed by atoms with van der Waals surface area (Å²) in [5.74, 6) is -2.54. The first-order chi connectivity index (χ1) is 13.6. The lowest BCUT2D eigenvalue weighted by Crippen LogP contribution is -2.25.